The Hall–Kier alpha value is -3.11. The minimum Gasteiger partial charge on any atom is -0.490 e. The van der Waals surface area contributed by atoms with Crippen molar-refractivity contribution < 1.29 is 24.2 Å². The molecule has 10 heteroatoms. The van der Waals surface area contributed by atoms with E-state index < -0.39 is 11.5 Å². The molecule has 0 atom stereocenters. The number of benzene rings is 1. The van der Waals surface area contributed by atoms with E-state index in [4.69, 9.17) is 15.2 Å². The smallest absolute Gasteiger partial charge is 0.255 e. The van der Waals surface area contributed by atoms with Crippen molar-refractivity contribution >= 4 is 33.3 Å². The first-order chi connectivity index (χ1) is 17.0. The molecule has 0 bridgehead atoms. The van der Waals surface area contributed by atoms with E-state index in [1.807, 2.05) is 0 Å². The molecule has 0 saturated heterocycles. The van der Waals surface area contributed by atoms with Gasteiger partial charge in [-0.05, 0) is 75.3 Å². The molecular formula is C26H29BrN4O5. The predicted molar refractivity (Wildman–Crippen MR) is 136 cm³/mol. The number of hydrogen-bond acceptors (Lipinski definition) is 6. The largest absolute Gasteiger partial charge is 0.490 e. The van der Waals surface area contributed by atoms with Crippen molar-refractivity contribution in [3.63, 3.8) is 0 Å². The SMILES string of the molecule is CC(C)(O)COc1ccc2c(C(=O)NC3CC4(C3)CC(Oc3cc(Br)ccc3C(N)=O)C4)cnn2c1. The van der Waals surface area contributed by atoms with Crippen LogP contribution in [-0.4, -0.2) is 50.9 Å². The van der Waals surface area contributed by atoms with Crippen LogP contribution in [-0.2, 0) is 0 Å². The van der Waals surface area contributed by atoms with E-state index in [-0.39, 0.29) is 30.1 Å². The molecule has 1 spiro atoms. The van der Waals surface area contributed by atoms with Gasteiger partial charge in [-0.1, -0.05) is 15.9 Å². The minimum atomic E-state index is -0.942. The molecule has 2 heterocycles. The molecule has 0 unspecified atom stereocenters. The molecule has 2 aromatic heterocycles. The number of hydrogen-bond donors (Lipinski definition) is 3. The quantitative estimate of drug-likeness (QED) is 0.389. The van der Waals surface area contributed by atoms with Gasteiger partial charge in [-0.25, -0.2) is 4.52 Å². The summed E-state index contributed by atoms with van der Waals surface area (Å²) >= 11 is 3.41. The highest BCUT2D eigenvalue weighted by Gasteiger charge is 2.54. The molecule has 4 N–H and O–H groups in total. The van der Waals surface area contributed by atoms with Crippen LogP contribution < -0.4 is 20.5 Å². The molecule has 2 fully saturated rings. The lowest BCUT2D eigenvalue weighted by Crippen LogP contribution is -2.58. The summed E-state index contributed by atoms with van der Waals surface area (Å²) in [5.41, 5.74) is 6.28. The molecule has 1 aromatic carbocycles. The second-order valence-electron chi connectivity index (χ2n) is 10.6. The van der Waals surface area contributed by atoms with Crippen LogP contribution in [0.4, 0.5) is 0 Å². The number of aromatic nitrogens is 2. The predicted octanol–water partition coefficient (Wildman–Crippen LogP) is 3.47. The average molecular weight is 557 g/mol. The number of amides is 2. The van der Waals surface area contributed by atoms with Crippen molar-refractivity contribution in [1.82, 2.24) is 14.9 Å². The van der Waals surface area contributed by atoms with E-state index in [0.717, 1.165) is 30.2 Å². The fourth-order valence-corrected chi connectivity index (χ4v) is 5.48. The second kappa shape index (κ2) is 9.08. The zero-order valence-corrected chi connectivity index (χ0v) is 21.7. The molecule has 190 valence electrons. The number of pyridine rings is 1. The second-order valence-corrected chi connectivity index (χ2v) is 11.5. The van der Waals surface area contributed by atoms with Crippen LogP contribution in [0.5, 0.6) is 11.5 Å². The van der Waals surface area contributed by atoms with Gasteiger partial charge in [0.05, 0.1) is 40.7 Å². The number of primary amides is 1. The Bertz CT molecular complexity index is 1320. The van der Waals surface area contributed by atoms with Crippen LogP contribution in [0.3, 0.4) is 0 Å². The van der Waals surface area contributed by atoms with E-state index >= 15 is 0 Å². The van der Waals surface area contributed by atoms with E-state index in [1.54, 1.807) is 61.1 Å². The fourth-order valence-electron chi connectivity index (χ4n) is 5.14. The van der Waals surface area contributed by atoms with E-state index in [1.165, 1.54) is 0 Å². The lowest BCUT2D eigenvalue weighted by Gasteiger charge is -2.57. The van der Waals surface area contributed by atoms with Gasteiger partial charge in [0.2, 0.25) is 0 Å². The fraction of sp³-hybridized carbons (Fsp3) is 0.423. The van der Waals surface area contributed by atoms with Gasteiger partial charge < -0.3 is 25.6 Å². The Kier molecular flexibility index (Phi) is 6.20. The van der Waals surface area contributed by atoms with E-state index in [0.29, 0.717) is 28.1 Å². The Morgan fingerprint density at radius 2 is 1.97 bits per heavy atom. The normalized spacial score (nSPS) is 23.1. The lowest BCUT2D eigenvalue weighted by atomic mass is 9.53. The summed E-state index contributed by atoms with van der Waals surface area (Å²) in [5, 5.41) is 17.2. The van der Waals surface area contributed by atoms with E-state index in [9.17, 15) is 14.7 Å². The van der Waals surface area contributed by atoms with Crippen LogP contribution in [0.1, 0.15) is 60.2 Å². The Morgan fingerprint density at radius 1 is 1.22 bits per heavy atom. The lowest BCUT2D eigenvalue weighted by molar-refractivity contribution is -0.0834. The topological polar surface area (TPSA) is 128 Å². The molecule has 9 nitrogen and oxygen atoms in total. The number of carbonyl (C=O) groups excluding carboxylic acids is 2. The summed E-state index contributed by atoms with van der Waals surface area (Å²) in [5.74, 6) is 0.404. The van der Waals surface area contributed by atoms with Crippen LogP contribution in [0.25, 0.3) is 5.52 Å². The molecule has 2 saturated carbocycles. The minimum absolute atomic E-state index is 0.0292. The van der Waals surface area contributed by atoms with Crippen molar-refractivity contribution in [3.8, 4) is 11.5 Å². The maximum absolute atomic E-state index is 12.9. The Morgan fingerprint density at radius 3 is 2.67 bits per heavy atom. The molecule has 3 aromatic rings. The maximum atomic E-state index is 12.9. The maximum Gasteiger partial charge on any atom is 0.255 e. The number of nitrogens with zero attached hydrogens (tertiary/aromatic N) is 2. The van der Waals surface area contributed by atoms with Crippen molar-refractivity contribution in [2.75, 3.05) is 6.61 Å². The third kappa shape index (κ3) is 5.05. The summed E-state index contributed by atoms with van der Waals surface area (Å²) in [4.78, 5) is 24.6. The number of ether oxygens (including phenoxy) is 2. The van der Waals surface area contributed by atoms with Crippen LogP contribution in [0.2, 0.25) is 0 Å². The van der Waals surface area contributed by atoms with Crippen molar-refractivity contribution in [1.29, 1.82) is 0 Å². The third-order valence-electron chi connectivity index (χ3n) is 6.84. The van der Waals surface area contributed by atoms with Gasteiger partial charge in [0, 0.05) is 10.5 Å². The first-order valence-corrected chi connectivity index (χ1v) is 12.7. The monoisotopic (exact) mass is 556 g/mol. The van der Waals surface area contributed by atoms with Gasteiger partial charge in [0.1, 0.15) is 18.1 Å². The zero-order chi connectivity index (χ0) is 25.7. The number of nitrogens with one attached hydrogen (secondary N) is 1. The number of rotatable bonds is 8. The summed E-state index contributed by atoms with van der Waals surface area (Å²) in [6.07, 6.45) is 6.84. The summed E-state index contributed by atoms with van der Waals surface area (Å²) in [7, 11) is 0. The van der Waals surface area contributed by atoms with Crippen LogP contribution in [0.15, 0.2) is 47.2 Å². The number of nitrogens with two attached hydrogens (primary N) is 1. The Labute approximate surface area is 217 Å². The van der Waals surface area contributed by atoms with Gasteiger partial charge >= 0.3 is 0 Å². The number of carbonyl (C=O) groups is 2. The number of halogens is 1. The standard InChI is InChI=1S/C26H29BrN4O5/c1-25(2,34)14-35-17-4-6-21-20(12-29-31(21)13-17)24(33)30-16-8-26(9-16)10-18(11-26)36-22-7-15(27)3-5-19(22)23(28)32/h3-7,12-13,16,18,34H,8-11,14H2,1-2H3,(H2,28,32)(H,30,33). The molecule has 2 aliphatic carbocycles. The molecule has 0 radical (unpaired) electrons. The first kappa shape index (κ1) is 24.6. The third-order valence-corrected chi connectivity index (χ3v) is 7.34. The molecule has 2 aliphatic rings. The molecule has 36 heavy (non-hydrogen) atoms. The molecule has 5 rings (SSSR count). The number of aliphatic hydroxyl groups is 1. The molecular weight excluding hydrogens is 528 g/mol. The van der Waals surface area contributed by atoms with Crippen LogP contribution in [0, 0.1) is 5.41 Å². The molecule has 2 amide bonds. The van der Waals surface area contributed by atoms with Gasteiger partial charge in [0.15, 0.2) is 0 Å². The van der Waals surface area contributed by atoms with Gasteiger partial charge in [0.25, 0.3) is 11.8 Å². The highest BCUT2D eigenvalue weighted by molar-refractivity contribution is 9.10. The highest BCUT2D eigenvalue weighted by atomic mass is 79.9. The highest BCUT2D eigenvalue weighted by Crippen LogP contribution is 2.57. The van der Waals surface area contributed by atoms with Gasteiger partial charge in [-0.3, -0.25) is 9.59 Å². The number of fused-ring (bicyclic) bond motifs is 1. The van der Waals surface area contributed by atoms with Gasteiger partial charge in [-0.15, -0.1) is 0 Å². The average Bonchev–Trinajstić information content (AvgIpc) is 3.17. The van der Waals surface area contributed by atoms with Gasteiger partial charge in [-0.2, -0.15) is 5.10 Å². The summed E-state index contributed by atoms with van der Waals surface area (Å²) in [6, 6.07) is 8.86. The molecule has 0 aliphatic heterocycles. The summed E-state index contributed by atoms with van der Waals surface area (Å²) < 4.78 is 14.1. The van der Waals surface area contributed by atoms with E-state index in [2.05, 4.69) is 26.3 Å². The van der Waals surface area contributed by atoms with Crippen LogP contribution >= 0.6 is 15.9 Å². The summed E-state index contributed by atoms with van der Waals surface area (Å²) in [6.45, 7) is 3.49. The zero-order valence-electron chi connectivity index (χ0n) is 20.2. The first-order valence-electron chi connectivity index (χ1n) is 11.9. The van der Waals surface area contributed by atoms with Crippen molar-refractivity contribution in [3.05, 3.63) is 58.3 Å². The van der Waals surface area contributed by atoms with Crippen molar-refractivity contribution in [2.45, 2.75) is 57.3 Å². The van der Waals surface area contributed by atoms with Crippen molar-refractivity contribution in [2.24, 2.45) is 11.1 Å². The Balaban J connectivity index is 1.13.